The molecule has 0 unspecified atom stereocenters. The largest absolute Gasteiger partial charge is 0.487 e. The number of amides is 1. The molecule has 0 saturated carbocycles. The number of fused-ring (bicyclic) bond motifs is 1. The smallest absolute Gasteiger partial charge is 0.407 e. The van der Waals surface area contributed by atoms with Crippen molar-refractivity contribution >= 4 is 11.7 Å². The molecular formula is C19H27FN4O3. The number of halogens is 1. The highest BCUT2D eigenvalue weighted by Crippen LogP contribution is 2.14. The lowest BCUT2D eigenvalue weighted by molar-refractivity contribution is 0.0531. The molecule has 1 amide bonds. The number of carbonyl (C=O) groups excluding carboxylic acids is 1. The van der Waals surface area contributed by atoms with Crippen molar-refractivity contribution in [1.82, 2.24) is 19.9 Å². The number of nitrogens with zero attached hydrogens (tertiary/aromatic N) is 3. The van der Waals surface area contributed by atoms with E-state index in [-0.39, 0.29) is 18.7 Å². The van der Waals surface area contributed by atoms with Crippen LogP contribution in [0.5, 0.6) is 5.75 Å². The first kappa shape index (κ1) is 20.7. The van der Waals surface area contributed by atoms with E-state index in [0.29, 0.717) is 12.1 Å². The van der Waals surface area contributed by atoms with E-state index in [1.165, 1.54) is 0 Å². The zero-order chi connectivity index (χ0) is 19.9. The highest BCUT2D eigenvalue weighted by Gasteiger charge is 2.16. The van der Waals surface area contributed by atoms with E-state index in [1.807, 2.05) is 0 Å². The number of pyridine rings is 1. The summed E-state index contributed by atoms with van der Waals surface area (Å²) in [5.41, 5.74) is 0.410. The van der Waals surface area contributed by atoms with Gasteiger partial charge in [0.05, 0.1) is 12.5 Å². The van der Waals surface area contributed by atoms with E-state index < -0.39 is 11.7 Å². The van der Waals surface area contributed by atoms with Gasteiger partial charge in [0.25, 0.3) is 0 Å². The SMILES string of the molecule is CCCCc1nc2ccc(OCC(=CF)CNC(=O)OC(C)(C)C)cn2n1. The Morgan fingerprint density at radius 2 is 2.15 bits per heavy atom. The molecule has 2 heterocycles. The predicted molar refractivity (Wildman–Crippen MR) is 101 cm³/mol. The Morgan fingerprint density at radius 3 is 2.81 bits per heavy atom. The Hall–Kier alpha value is -2.64. The van der Waals surface area contributed by atoms with Crippen molar-refractivity contribution in [2.45, 2.75) is 52.6 Å². The Kier molecular flexibility index (Phi) is 7.15. The summed E-state index contributed by atoms with van der Waals surface area (Å²) in [4.78, 5) is 16.1. The summed E-state index contributed by atoms with van der Waals surface area (Å²) in [6.45, 7) is 7.39. The molecule has 7 nitrogen and oxygen atoms in total. The molecule has 8 heteroatoms. The summed E-state index contributed by atoms with van der Waals surface area (Å²) < 4.78 is 25.4. The maximum absolute atomic E-state index is 13.1. The quantitative estimate of drug-likeness (QED) is 0.755. The van der Waals surface area contributed by atoms with Gasteiger partial charge < -0.3 is 14.8 Å². The van der Waals surface area contributed by atoms with Gasteiger partial charge in [-0.1, -0.05) is 13.3 Å². The van der Waals surface area contributed by atoms with Gasteiger partial charge >= 0.3 is 6.09 Å². The monoisotopic (exact) mass is 378 g/mol. The molecule has 2 rings (SSSR count). The first-order valence-corrected chi connectivity index (χ1v) is 9.04. The molecular weight excluding hydrogens is 351 g/mol. The molecule has 0 radical (unpaired) electrons. The molecule has 0 atom stereocenters. The molecule has 2 aromatic heterocycles. The summed E-state index contributed by atoms with van der Waals surface area (Å²) in [5, 5.41) is 6.92. The number of unbranched alkanes of at least 4 members (excludes halogenated alkanes) is 1. The predicted octanol–water partition coefficient (Wildman–Crippen LogP) is 3.83. The molecule has 1 N–H and O–H groups in total. The van der Waals surface area contributed by atoms with Crippen molar-refractivity contribution in [3.8, 4) is 5.75 Å². The minimum absolute atomic E-state index is 0.00184. The van der Waals surface area contributed by atoms with Crippen molar-refractivity contribution in [2.24, 2.45) is 0 Å². The topological polar surface area (TPSA) is 77.8 Å². The summed E-state index contributed by atoms with van der Waals surface area (Å²) in [6.07, 6.45) is 4.48. The Balaban J connectivity index is 1.89. The van der Waals surface area contributed by atoms with Gasteiger partial charge in [0.15, 0.2) is 11.5 Å². The Morgan fingerprint density at radius 1 is 1.37 bits per heavy atom. The number of hydrogen-bond acceptors (Lipinski definition) is 5. The molecule has 27 heavy (non-hydrogen) atoms. The number of rotatable bonds is 8. The second-order valence-corrected chi connectivity index (χ2v) is 7.21. The zero-order valence-corrected chi connectivity index (χ0v) is 16.3. The Bertz CT molecular complexity index is 796. The maximum Gasteiger partial charge on any atom is 0.407 e. The van der Waals surface area contributed by atoms with Crippen LogP contribution in [-0.2, 0) is 11.2 Å². The van der Waals surface area contributed by atoms with Gasteiger partial charge in [-0.3, -0.25) is 0 Å². The van der Waals surface area contributed by atoms with Crippen LogP contribution in [0.1, 0.15) is 46.4 Å². The van der Waals surface area contributed by atoms with Gasteiger partial charge in [0, 0.05) is 18.5 Å². The highest BCUT2D eigenvalue weighted by molar-refractivity contribution is 5.68. The third-order valence-electron chi connectivity index (χ3n) is 3.54. The first-order valence-electron chi connectivity index (χ1n) is 9.04. The van der Waals surface area contributed by atoms with Crippen LogP contribution in [0.15, 0.2) is 30.2 Å². The van der Waals surface area contributed by atoms with Gasteiger partial charge in [-0.2, -0.15) is 5.10 Å². The lowest BCUT2D eigenvalue weighted by atomic mass is 10.2. The molecule has 0 aliphatic carbocycles. The van der Waals surface area contributed by atoms with E-state index in [0.717, 1.165) is 30.7 Å². The highest BCUT2D eigenvalue weighted by atomic mass is 19.1. The molecule has 0 aliphatic heterocycles. The van der Waals surface area contributed by atoms with Crippen LogP contribution in [0.25, 0.3) is 5.65 Å². The molecule has 148 valence electrons. The van der Waals surface area contributed by atoms with Crippen LogP contribution in [0.2, 0.25) is 0 Å². The molecule has 0 saturated heterocycles. The number of ether oxygens (including phenoxy) is 2. The maximum atomic E-state index is 13.1. The average molecular weight is 378 g/mol. The van der Waals surface area contributed by atoms with Crippen LogP contribution in [0.4, 0.5) is 9.18 Å². The molecule has 0 aliphatic rings. The lowest BCUT2D eigenvalue weighted by Gasteiger charge is -2.20. The second kappa shape index (κ2) is 9.34. The Labute approximate surface area is 158 Å². The number of aryl methyl sites for hydroxylation is 1. The van der Waals surface area contributed by atoms with Crippen LogP contribution in [0.3, 0.4) is 0 Å². The number of hydrogen-bond donors (Lipinski definition) is 1. The molecule has 2 aromatic rings. The first-order chi connectivity index (χ1) is 12.8. The lowest BCUT2D eigenvalue weighted by Crippen LogP contribution is -2.34. The third-order valence-corrected chi connectivity index (χ3v) is 3.54. The normalized spacial score (nSPS) is 12.3. The van der Waals surface area contributed by atoms with Crippen LogP contribution < -0.4 is 10.1 Å². The summed E-state index contributed by atoms with van der Waals surface area (Å²) in [6, 6.07) is 3.56. The van der Waals surface area contributed by atoms with E-state index in [1.54, 1.807) is 43.6 Å². The number of alkyl carbamates (subject to hydrolysis) is 1. The van der Waals surface area contributed by atoms with Crippen LogP contribution in [0, 0.1) is 0 Å². The van der Waals surface area contributed by atoms with Gasteiger partial charge in [-0.25, -0.2) is 18.7 Å². The molecule has 0 aromatic carbocycles. The van der Waals surface area contributed by atoms with Crippen molar-refractivity contribution in [3.05, 3.63) is 36.1 Å². The zero-order valence-electron chi connectivity index (χ0n) is 16.3. The fraction of sp³-hybridized carbons (Fsp3) is 0.526. The number of aromatic nitrogens is 3. The minimum Gasteiger partial charge on any atom is -0.487 e. The van der Waals surface area contributed by atoms with Crippen LogP contribution in [-0.4, -0.2) is 39.4 Å². The fourth-order valence-corrected chi connectivity index (χ4v) is 2.23. The fourth-order valence-electron chi connectivity index (χ4n) is 2.23. The van der Waals surface area contributed by atoms with Crippen molar-refractivity contribution < 1.29 is 18.7 Å². The molecule has 0 bridgehead atoms. The van der Waals surface area contributed by atoms with Gasteiger partial charge in [0.2, 0.25) is 0 Å². The van der Waals surface area contributed by atoms with Gasteiger partial charge in [0.1, 0.15) is 18.0 Å². The second-order valence-electron chi connectivity index (χ2n) is 7.21. The van der Waals surface area contributed by atoms with E-state index in [9.17, 15) is 9.18 Å². The van der Waals surface area contributed by atoms with E-state index in [2.05, 4.69) is 22.3 Å². The minimum atomic E-state index is -0.608. The van der Waals surface area contributed by atoms with Crippen molar-refractivity contribution in [1.29, 1.82) is 0 Å². The van der Waals surface area contributed by atoms with Crippen LogP contribution >= 0.6 is 0 Å². The molecule has 0 fully saturated rings. The summed E-state index contributed by atoms with van der Waals surface area (Å²) >= 11 is 0. The summed E-state index contributed by atoms with van der Waals surface area (Å²) in [7, 11) is 0. The third kappa shape index (κ3) is 6.88. The average Bonchev–Trinajstić information content (AvgIpc) is 3.00. The standard InChI is InChI=1S/C19H27FN4O3/c1-5-6-7-16-22-17-9-8-15(12-24(17)23-16)26-13-14(10-20)11-21-18(25)27-19(2,3)4/h8-10,12H,5-7,11,13H2,1-4H3,(H,21,25). The van der Waals surface area contributed by atoms with Crippen molar-refractivity contribution in [2.75, 3.05) is 13.2 Å². The van der Waals surface area contributed by atoms with E-state index >= 15 is 0 Å². The van der Waals surface area contributed by atoms with Gasteiger partial charge in [-0.15, -0.1) is 0 Å². The number of nitrogens with one attached hydrogen (secondary N) is 1. The van der Waals surface area contributed by atoms with E-state index in [4.69, 9.17) is 9.47 Å². The van der Waals surface area contributed by atoms with Gasteiger partial charge in [-0.05, 0) is 39.3 Å². The number of carbonyl (C=O) groups is 1. The van der Waals surface area contributed by atoms with Crippen molar-refractivity contribution in [3.63, 3.8) is 0 Å². The molecule has 0 spiro atoms. The summed E-state index contributed by atoms with van der Waals surface area (Å²) in [5.74, 6) is 1.32.